The number of hydrogen-bond acceptors (Lipinski definition) is 2. The molecule has 0 amide bonds. The summed E-state index contributed by atoms with van der Waals surface area (Å²) < 4.78 is 13.4. The summed E-state index contributed by atoms with van der Waals surface area (Å²) in [6, 6.07) is 8.66. The molecule has 0 aliphatic carbocycles. The molecular formula is C18H20IO2P. The number of rotatable bonds is 1. The van der Waals surface area contributed by atoms with Crippen molar-refractivity contribution in [3.05, 3.63) is 57.6 Å². The van der Waals surface area contributed by atoms with Gasteiger partial charge in [0.15, 0.2) is 0 Å². The number of aryl methyl sites for hydroxylation is 4. The summed E-state index contributed by atoms with van der Waals surface area (Å²) in [7, 11) is -0.957. The first-order valence-corrected chi connectivity index (χ1v) is 10.3. The van der Waals surface area contributed by atoms with E-state index in [1.165, 1.54) is 33.4 Å². The number of hydrogen-bond donors (Lipinski definition) is 0. The molecule has 0 saturated heterocycles. The van der Waals surface area contributed by atoms with Crippen LogP contribution in [-0.2, 0) is 6.42 Å². The molecule has 0 saturated carbocycles. The van der Waals surface area contributed by atoms with Crippen LogP contribution >= 0.6 is 31.0 Å². The molecule has 3 rings (SSSR count). The quantitative estimate of drug-likeness (QED) is 0.317. The van der Waals surface area contributed by atoms with Crippen LogP contribution in [0.5, 0.6) is 11.5 Å². The third kappa shape index (κ3) is 2.85. The van der Waals surface area contributed by atoms with Gasteiger partial charge >= 0.3 is 8.38 Å². The first-order valence-electron chi connectivity index (χ1n) is 7.39. The largest absolute Gasteiger partial charge is 0.437 e. The summed E-state index contributed by atoms with van der Waals surface area (Å²) in [5, 5.41) is 0. The summed E-state index contributed by atoms with van der Waals surface area (Å²) in [6.45, 7) is 8.57. The number of halogens is 1. The summed E-state index contributed by atoms with van der Waals surface area (Å²) in [6.07, 6.45) is 0.871. The first kappa shape index (κ1) is 16.1. The normalized spacial score (nSPS) is 14.2. The summed E-state index contributed by atoms with van der Waals surface area (Å²) >= 11 is 2.35. The Morgan fingerprint density at radius 1 is 0.818 bits per heavy atom. The average molecular weight is 426 g/mol. The minimum Gasteiger partial charge on any atom is -0.437 e. The molecule has 0 aromatic heterocycles. The molecule has 0 bridgehead atoms. The van der Waals surface area contributed by atoms with Gasteiger partial charge in [-0.3, -0.25) is 0 Å². The maximum absolute atomic E-state index is 6.28. The zero-order valence-electron chi connectivity index (χ0n) is 13.4. The maximum atomic E-state index is 6.28. The summed E-state index contributed by atoms with van der Waals surface area (Å²) in [5.74, 6) is 2.05. The Morgan fingerprint density at radius 3 is 1.64 bits per heavy atom. The van der Waals surface area contributed by atoms with Gasteiger partial charge in [0.05, 0.1) is 4.17 Å². The molecule has 0 N–H and O–H groups in total. The van der Waals surface area contributed by atoms with Crippen LogP contribution in [0.4, 0.5) is 0 Å². The molecule has 4 heteroatoms. The molecule has 0 unspecified atom stereocenters. The van der Waals surface area contributed by atoms with E-state index >= 15 is 0 Å². The van der Waals surface area contributed by atoms with E-state index in [-0.39, 0.29) is 0 Å². The number of alkyl halides is 1. The lowest BCUT2D eigenvalue weighted by Crippen LogP contribution is -2.09. The Kier molecular flexibility index (Phi) is 4.65. The fourth-order valence-corrected chi connectivity index (χ4v) is 4.71. The van der Waals surface area contributed by atoms with Crippen molar-refractivity contribution < 1.29 is 9.05 Å². The van der Waals surface area contributed by atoms with Gasteiger partial charge in [0.1, 0.15) is 11.5 Å². The Balaban J connectivity index is 2.24. The van der Waals surface area contributed by atoms with Crippen LogP contribution in [0.1, 0.15) is 33.4 Å². The lowest BCUT2D eigenvalue weighted by molar-refractivity contribution is 0.478. The van der Waals surface area contributed by atoms with E-state index in [1.807, 2.05) is 0 Å². The molecule has 1 heterocycles. The van der Waals surface area contributed by atoms with Gasteiger partial charge < -0.3 is 9.05 Å². The molecule has 2 aromatic rings. The Labute approximate surface area is 147 Å². The van der Waals surface area contributed by atoms with Crippen molar-refractivity contribution in [2.75, 3.05) is 4.17 Å². The second kappa shape index (κ2) is 6.37. The second-order valence-corrected chi connectivity index (χ2v) is 9.14. The molecule has 2 nitrogen and oxygen atoms in total. The zero-order valence-corrected chi connectivity index (χ0v) is 16.4. The van der Waals surface area contributed by atoms with Gasteiger partial charge in [-0.2, -0.15) is 0 Å². The monoisotopic (exact) mass is 426 g/mol. The highest BCUT2D eigenvalue weighted by molar-refractivity contribution is 14.1. The van der Waals surface area contributed by atoms with Gasteiger partial charge in [0.25, 0.3) is 0 Å². The van der Waals surface area contributed by atoms with Crippen molar-refractivity contribution in [1.82, 2.24) is 0 Å². The van der Waals surface area contributed by atoms with Crippen molar-refractivity contribution in [3.63, 3.8) is 0 Å². The number of fused-ring (bicyclic) bond motifs is 2. The molecule has 22 heavy (non-hydrogen) atoms. The van der Waals surface area contributed by atoms with E-state index in [9.17, 15) is 0 Å². The van der Waals surface area contributed by atoms with Crippen LogP contribution in [0.15, 0.2) is 24.3 Å². The smallest absolute Gasteiger partial charge is 0.300 e. The summed E-state index contributed by atoms with van der Waals surface area (Å²) in [4.78, 5) is 0. The molecule has 0 fully saturated rings. The van der Waals surface area contributed by atoms with Crippen molar-refractivity contribution in [1.29, 1.82) is 0 Å². The van der Waals surface area contributed by atoms with Gasteiger partial charge in [0, 0.05) is 17.5 Å². The lowest BCUT2D eigenvalue weighted by atomic mass is 9.93. The van der Waals surface area contributed by atoms with Crippen LogP contribution in [-0.4, -0.2) is 4.17 Å². The predicted octanol–water partition coefficient (Wildman–Crippen LogP) is 5.99. The third-order valence-electron chi connectivity index (χ3n) is 4.22. The highest BCUT2D eigenvalue weighted by atomic mass is 127. The maximum Gasteiger partial charge on any atom is 0.300 e. The van der Waals surface area contributed by atoms with E-state index in [2.05, 4.69) is 74.6 Å². The van der Waals surface area contributed by atoms with Gasteiger partial charge in [-0.1, -0.05) is 46.9 Å². The first-order chi connectivity index (χ1) is 10.5. The second-order valence-electron chi connectivity index (χ2n) is 5.83. The third-order valence-corrected chi connectivity index (χ3v) is 6.86. The number of benzene rings is 2. The van der Waals surface area contributed by atoms with Crippen LogP contribution < -0.4 is 9.05 Å². The molecule has 0 spiro atoms. The van der Waals surface area contributed by atoms with E-state index < -0.39 is 8.38 Å². The molecule has 0 radical (unpaired) electrons. The predicted molar refractivity (Wildman–Crippen MR) is 102 cm³/mol. The molecule has 1 aliphatic heterocycles. The van der Waals surface area contributed by atoms with Crippen molar-refractivity contribution in [2.45, 2.75) is 34.1 Å². The lowest BCUT2D eigenvalue weighted by Gasteiger charge is -2.27. The van der Waals surface area contributed by atoms with E-state index in [4.69, 9.17) is 9.05 Å². The van der Waals surface area contributed by atoms with Crippen molar-refractivity contribution in [2.24, 2.45) is 0 Å². The highest BCUT2D eigenvalue weighted by Crippen LogP contribution is 2.49. The molecule has 2 aromatic carbocycles. The fourth-order valence-electron chi connectivity index (χ4n) is 2.83. The molecule has 1 aliphatic rings. The molecule has 0 atom stereocenters. The van der Waals surface area contributed by atoms with Crippen molar-refractivity contribution >= 4 is 31.0 Å². The zero-order chi connectivity index (χ0) is 15.9. The highest BCUT2D eigenvalue weighted by Gasteiger charge is 2.25. The standard InChI is InChI=1S/C18H20IO2P/c1-11-5-7-13(3)17-15(11)9-16-12(2)6-8-14(4)18(16)21-22(10-19)20-17/h5-8H,9-10H2,1-4H3. The minimum atomic E-state index is -0.957. The topological polar surface area (TPSA) is 18.5 Å². The Hall–Kier alpha value is -0.800. The average Bonchev–Trinajstić information content (AvgIpc) is 2.48. The van der Waals surface area contributed by atoms with Gasteiger partial charge in [-0.15, -0.1) is 0 Å². The van der Waals surface area contributed by atoms with Gasteiger partial charge in [0.2, 0.25) is 0 Å². The fraction of sp³-hybridized carbons (Fsp3) is 0.333. The van der Waals surface area contributed by atoms with Gasteiger partial charge in [-0.25, -0.2) is 0 Å². The van der Waals surface area contributed by atoms with E-state index in [0.717, 1.165) is 22.1 Å². The van der Waals surface area contributed by atoms with Crippen LogP contribution in [0.2, 0.25) is 0 Å². The van der Waals surface area contributed by atoms with E-state index in [0.29, 0.717) is 0 Å². The van der Waals surface area contributed by atoms with Crippen molar-refractivity contribution in [3.8, 4) is 11.5 Å². The molecule has 116 valence electrons. The Bertz CT molecular complexity index is 668. The molecular weight excluding hydrogens is 406 g/mol. The van der Waals surface area contributed by atoms with Gasteiger partial charge in [-0.05, 0) is 49.9 Å². The van der Waals surface area contributed by atoms with E-state index in [1.54, 1.807) is 0 Å². The van der Waals surface area contributed by atoms with Crippen LogP contribution in [0.25, 0.3) is 0 Å². The summed E-state index contributed by atoms with van der Waals surface area (Å²) in [5.41, 5.74) is 7.56. The van der Waals surface area contributed by atoms with Crippen LogP contribution in [0, 0.1) is 27.7 Å². The van der Waals surface area contributed by atoms with Crippen LogP contribution in [0.3, 0.4) is 0 Å². The SMILES string of the molecule is Cc1ccc(C)c2c1Cc1c(C)ccc(C)c1OP(CI)O2. The Morgan fingerprint density at radius 2 is 1.23 bits per heavy atom. The minimum absolute atomic E-state index is 0.854.